The molecule has 13 heavy (non-hydrogen) atoms. The standard InChI is InChI=1S/C5H2Cl2FN3O2/c6-2-1(8)3(7)10-4(9-2)11-5(12)13/h(H,12,13)(H,9,10,11). The first kappa shape index (κ1) is 9.94. The van der Waals surface area contributed by atoms with Gasteiger partial charge in [-0.2, -0.15) is 9.97 Å². The van der Waals surface area contributed by atoms with Crippen LogP contribution in [0, 0.1) is 5.82 Å². The summed E-state index contributed by atoms with van der Waals surface area (Å²) in [7, 11) is 0. The summed E-state index contributed by atoms with van der Waals surface area (Å²) < 4.78 is 12.7. The van der Waals surface area contributed by atoms with Gasteiger partial charge in [-0.05, 0) is 0 Å². The molecule has 0 atom stereocenters. The minimum absolute atomic E-state index is 0.371. The van der Waals surface area contributed by atoms with Crippen molar-refractivity contribution < 1.29 is 14.3 Å². The topological polar surface area (TPSA) is 75.1 Å². The molecule has 0 spiro atoms. The Hall–Kier alpha value is -1.14. The van der Waals surface area contributed by atoms with Crippen LogP contribution >= 0.6 is 23.2 Å². The third-order valence-electron chi connectivity index (χ3n) is 0.989. The minimum Gasteiger partial charge on any atom is -0.465 e. The second-order valence-corrected chi connectivity index (χ2v) is 2.59. The lowest BCUT2D eigenvalue weighted by Gasteiger charge is -2.00. The van der Waals surface area contributed by atoms with Crippen LogP contribution in [0.5, 0.6) is 0 Å². The summed E-state index contributed by atoms with van der Waals surface area (Å²) in [6, 6.07) is 0. The number of rotatable bonds is 1. The van der Waals surface area contributed by atoms with Gasteiger partial charge in [-0.15, -0.1) is 0 Å². The smallest absolute Gasteiger partial charge is 0.411 e. The Morgan fingerprint density at radius 3 is 2.23 bits per heavy atom. The zero-order valence-electron chi connectivity index (χ0n) is 5.88. The number of halogens is 3. The van der Waals surface area contributed by atoms with Crippen LogP contribution < -0.4 is 5.32 Å². The van der Waals surface area contributed by atoms with Crippen molar-refractivity contribution in [2.24, 2.45) is 0 Å². The third-order valence-corrected chi connectivity index (χ3v) is 1.49. The highest BCUT2D eigenvalue weighted by Gasteiger charge is 2.11. The molecule has 0 fully saturated rings. The van der Waals surface area contributed by atoms with Crippen LogP contribution in [0.4, 0.5) is 15.1 Å². The van der Waals surface area contributed by atoms with Crippen LogP contribution in [0.1, 0.15) is 0 Å². The molecule has 1 aromatic heterocycles. The highest BCUT2D eigenvalue weighted by Crippen LogP contribution is 2.20. The average Bonchev–Trinajstić information content (AvgIpc) is 1.98. The molecule has 8 heteroatoms. The van der Waals surface area contributed by atoms with Crippen LogP contribution in [0.3, 0.4) is 0 Å². The molecule has 2 N–H and O–H groups in total. The maximum Gasteiger partial charge on any atom is 0.411 e. The van der Waals surface area contributed by atoms with Crippen LogP contribution in [0.2, 0.25) is 10.3 Å². The maximum atomic E-state index is 12.7. The molecule has 0 aliphatic rings. The van der Waals surface area contributed by atoms with Crippen molar-refractivity contribution in [2.45, 2.75) is 0 Å². The second kappa shape index (κ2) is 3.71. The van der Waals surface area contributed by atoms with Crippen LogP contribution in [-0.2, 0) is 0 Å². The van der Waals surface area contributed by atoms with Gasteiger partial charge >= 0.3 is 6.09 Å². The first-order chi connectivity index (χ1) is 6.00. The molecule has 0 aliphatic carbocycles. The van der Waals surface area contributed by atoms with E-state index < -0.39 is 22.2 Å². The zero-order chi connectivity index (χ0) is 10.0. The van der Waals surface area contributed by atoms with E-state index in [1.54, 1.807) is 5.32 Å². The molecule has 1 aromatic rings. The average molecular weight is 226 g/mol. The van der Waals surface area contributed by atoms with Gasteiger partial charge in [0.05, 0.1) is 0 Å². The van der Waals surface area contributed by atoms with Crippen molar-refractivity contribution in [3.8, 4) is 0 Å². The number of carboxylic acid groups (broad SMARTS) is 1. The summed E-state index contributed by atoms with van der Waals surface area (Å²) in [5, 5.41) is 8.94. The Morgan fingerprint density at radius 2 is 1.85 bits per heavy atom. The van der Waals surface area contributed by atoms with Gasteiger partial charge in [0.25, 0.3) is 0 Å². The van der Waals surface area contributed by atoms with E-state index >= 15 is 0 Å². The van der Waals surface area contributed by atoms with Crippen LogP contribution in [0.25, 0.3) is 0 Å². The minimum atomic E-state index is -1.39. The Bertz CT molecular complexity index is 337. The molecule has 0 saturated heterocycles. The van der Waals surface area contributed by atoms with Gasteiger partial charge in [0.2, 0.25) is 5.95 Å². The molecule has 0 bridgehead atoms. The van der Waals surface area contributed by atoms with Crippen molar-refractivity contribution in [1.82, 2.24) is 9.97 Å². The normalized spacial score (nSPS) is 9.77. The van der Waals surface area contributed by atoms with E-state index in [9.17, 15) is 9.18 Å². The number of nitrogens with zero attached hydrogens (tertiary/aromatic N) is 2. The third kappa shape index (κ3) is 2.40. The molecule has 0 aliphatic heterocycles. The van der Waals surface area contributed by atoms with E-state index in [4.69, 9.17) is 28.3 Å². The number of hydrogen-bond acceptors (Lipinski definition) is 3. The van der Waals surface area contributed by atoms with Crippen molar-refractivity contribution in [3.63, 3.8) is 0 Å². The zero-order valence-corrected chi connectivity index (χ0v) is 7.40. The molecule has 0 unspecified atom stereocenters. The highest BCUT2D eigenvalue weighted by molar-refractivity contribution is 6.33. The molecule has 0 saturated carbocycles. The number of amides is 1. The quantitative estimate of drug-likeness (QED) is 0.718. The maximum absolute atomic E-state index is 12.7. The lowest BCUT2D eigenvalue weighted by atomic mass is 10.6. The molecule has 0 radical (unpaired) electrons. The van der Waals surface area contributed by atoms with Crippen molar-refractivity contribution in [2.75, 3.05) is 5.32 Å². The van der Waals surface area contributed by atoms with Crippen molar-refractivity contribution in [3.05, 3.63) is 16.1 Å². The van der Waals surface area contributed by atoms with E-state index in [-0.39, 0.29) is 5.95 Å². The Labute approximate surface area is 81.5 Å². The lowest BCUT2D eigenvalue weighted by Crippen LogP contribution is -2.11. The molecule has 1 amide bonds. The van der Waals surface area contributed by atoms with E-state index in [1.807, 2.05) is 0 Å². The Kier molecular flexibility index (Phi) is 2.84. The first-order valence-corrected chi connectivity index (χ1v) is 3.65. The highest BCUT2D eigenvalue weighted by atomic mass is 35.5. The van der Waals surface area contributed by atoms with Crippen molar-refractivity contribution >= 4 is 35.2 Å². The van der Waals surface area contributed by atoms with E-state index in [2.05, 4.69) is 9.97 Å². The van der Waals surface area contributed by atoms with Crippen LogP contribution in [0.15, 0.2) is 0 Å². The summed E-state index contributed by atoms with van der Waals surface area (Å²) in [5.41, 5.74) is 0. The van der Waals surface area contributed by atoms with Gasteiger partial charge in [-0.3, -0.25) is 5.32 Å². The second-order valence-electron chi connectivity index (χ2n) is 1.87. The van der Waals surface area contributed by atoms with Gasteiger partial charge in [0.15, 0.2) is 16.1 Å². The largest absolute Gasteiger partial charge is 0.465 e. The number of carbonyl (C=O) groups is 1. The number of hydrogen-bond donors (Lipinski definition) is 2. The fraction of sp³-hybridized carbons (Fsp3) is 0. The number of nitrogens with one attached hydrogen (secondary N) is 1. The molecule has 0 aromatic carbocycles. The summed E-state index contributed by atoms with van der Waals surface area (Å²) >= 11 is 10.5. The molecule has 70 valence electrons. The number of anilines is 1. The first-order valence-electron chi connectivity index (χ1n) is 2.89. The van der Waals surface area contributed by atoms with E-state index in [1.165, 1.54) is 0 Å². The molecular weight excluding hydrogens is 224 g/mol. The van der Waals surface area contributed by atoms with Gasteiger partial charge in [-0.1, -0.05) is 23.2 Å². The van der Waals surface area contributed by atoms with Crippen LogP contribution in [-0.4, -0.2) is 21.2 Å². The van der Waals surface area contributed by atoms with Gasteiger partial charge in [0.1, 0.15) is 0 Å². The fourth-order valence-corrected chi connectivity index (χ4v) is 0.933. The van der Waals surface area contributed by atoms with Gasteiger partial charge in [-0.25, -0.2) is 9.18 Å². The number of aromatic nitrogens is 2. The Morgan fingerprint density at radius 1 is 1.38 bits per heavy atom. The predicted molar refractivity (Wildman–Crippen MR) is 43.7 cm³/mol. The van der Waals surface area contributed by atoms with E-state index in [0.717, 1.165) is 0 Å². The SMILES string of the molecule is O=C(O)Nc1nc(Cl)c(F)c(Cl)n1. The van der Waals surface area contributed by atoms with Gasteiger partial charge < -0.3 is 5.11 Å². The molecule has 5 nitrogen and oxygen atoms in total. The van der Waals surface area contributed by atoms with Gasteiger partial charge in [0, 0.05) is 0 Å². The Balaban J connectivity index is 3.06. The molecule has 1 rings (SSSR count). The summed E-state index contributed by atoms with van der Waals surface area (Å²) in [6.45, 7) is 0. The predicted octanol–water partition coefficient (Wildman–Crippen LogP) is 2.01. The fourth-order valence-electron chi connectivity index (χ4n) is 0.546. The lowest BCUT2D eigenvalue weighted by molar-refractivity contribution is 0.209. The van der Waals surface area contributed by atoms with E-state index in [0.29, 0.717) is 0 Å². The molecular formula is C5H2Cl2FN3O2. The van der Waals surface area contributed by atoms with Crippen molar-refractivity contribution in [1.29, 1.82) is 0 Å². The summed E-state index contributed by atoms with van der Waals surface area (Å²) in [4.78, 5) is 16.7. The summed E-state index contributed by atoms with van der Waals surface area (Å²) in [5.74, 6) is -1.36. The summed E-state index contributed by atoms with van der Waals surface area (Å²) in [6.07, 6.45) is -1.39. The molecule has 1 heterocycles. The monoisotopic (exact) mass is 225 g/mol.